The van der Waals surface area contributed by atoms with Gasteiger partial charge in [-0.05, 0) is 55.8 Å². The van der Waals surface area contributed by atoms with Crippen LogP contribution in [0.3, 0.4) is 0 Å². The molecule has 1 aliphatic carbocycles. The molecule has 100 valence electrons. The number of nitrogens with one attached hydrogen (secondary N) is 1. The van der Waals surface area contributed by atoms with E-state index in [0.29, 0.717) is 0 Å². The highest BCUT2D eigenvalue weighted by Crippen LogP contribution is 2.22. The van der Waals surface area contributed by atoms with Crippen LogP contribution in [0.15, 0.2) is 24.3 Å². The van der Waals surface area contributed by atoms with Crippen molar-refractivity contribution in [1.82, 2.24) is 5.32 Å². The quantitative estimate of drug-likeness (QED) is 0.733. The van der Waals surface area contributed by atoms with Crippen LogP contribution in [0.25, 0.3) is 0 Å². The second-order valence-corrected chi connectivity index (χ2v) is 5.96. The van der Waals surface area contributed by atoms with Gasteiger partial charge in [0.2, 0.25) is 0 Å². The fraction of sp³-hybridized carbons (Fsp3) is 0.625. The molecule has 0 bridgehead atoms. The number of hydrogen-bond donors (Lipinski definition) is 1. The molecule has 0 aliphatic heterocycles. The van der Waals surface area contributed by atoms with Gasteiger partial charge in [0.05, 0.1) is 0 Å². The normalized spacial score (nSPS) is 16.8. The average Bonchev–Trinajstić information content (AvgIpc) is 3.17. The molecule has 18 heavy (non-hydrogen) atoms. The molecule has 1 N–H and O–H groups in total. The van der Waals surface area contributed by atoms with Gasteiger partial charge in [0.1, 0.15) is 0 Å². The second-order valence-electron chi connectivity index (χ2n) is 5.52. The molecule has 2 rings (SSSR count). The van der Waals surface area contributed by atoms with Gasteiger partial charge >= 0.3 is 0 Å². The lowest BCUT2D eigenvalue weighted by molar-refractivity contribution is 0.427. The van der Waals surface area contributed by atoms with Crippen molar-refractivity contribution in [1.29, 1.82) is 0 Å². The molecule has 0 radical (unpaired) electrons. The van der Waals surface area contributed by atoms with Crippen LogP contribution in [-0.4, -0.2) is 12.6 Å². The molecule has 0 amide bonds. The maximum Gasteiger partial charge on any atom is 0.0408 e. The Bertz CT molecular complexity index is 360. The standard InChI is InChI=1S/C16H24ClN/c1-2-3-5-14(12-18-16-8-9-16)10-13-6-4-7-15(17)11-13/h4,6-7,11,14,16,18H,2-3,5,8-10,12H2,1H3. The van der Waals surface area contributed by atoms with Crippen molar-refractivity contribution in [2.45, 2.75) is 51.5 Å². The second kappa shape index (κ2) is 7.16. The molecule has 1 aromatic carbocycles. The smallest absolute Gasteiger partial charge is 0.0408 e. The predicted molar refractivity (Wildman–Crippen MR) is 79.2 cm³/mol. The van der Waals surface area contributed by atoms with Crippen molar-refractivity contribution in [2.24, 2.45) is 5.92 Å². The highest BCUT2D eigenvalue weighted by atomic mass is 35.5. The maximum absolute atomic E-state index is 6.05. The van der Waals surface area contributed by atoms with Crippen LogP contribution in [0.4, 0.5) is 0 Å². The summed E-state index contributed by atoms with van der Waals surface area (Å²) < 4.78 is 0. The first-order valence-electron chi connectivity index (χ1n) is 7.25. The summed E-state index contributed by atoms with van der Waals surface area (Å²) >= 11 is 6.05. The molecular weight excluding hydrogens is 242 g/mol. The molecule has 0 heterocycles. The Morgan fingerprint density at radius 3 is 2.89 bits per heavy atom. The predicted octanol–water partition coefficient (Wildman–Crippen LogP) is 4.44. The van der Waals surface area contributed by atoms with E-state index in [2.05, 4.69) is 30.4 Å². The van der Waals surface area contributed by atoms with Crippen molar-refractivity contribution in [2.75, 3.05) is 6.54 Å². The number of rotatable bonds is 8. The van der Waals surface area contributed by atoms with E-state index in [4.69, 9.17) is 11.6 Å². The van der Waals surface area contributed by atoms with Gasteiger partial charge in [0.15, 0.2) is 0 Å². The fourth-order valence-electron chi connectivity index (χ4n) is 2.39. The summed E-state index contributed by atoms with van der Waals surface area (Å²) in [6.07, 6.45) is 7.84. The summed E-state index contributed by atoms with van der Waals surface area (Å²) in [5, 5.41) is 4.53. The van der Waals surface area contributed by atoms with E-state index in [1.807, 2.05) is 6.07 Å². The minimum atomic E-state index is 0.754. The largest absolute Gasteiger partial charge is 0.314 e. The maximum atomic E-state index is 6.05. The number of unbranched alkanes of at least 4 members (excludes halogenated alkanes) is 1. The van der Waals surface area contributed by atoms with Gasteiger partial charge in [0, 0.05) is 11.1 Å². The van der Waals surface area contributed by atoms with Gasteiger partial charge < -0.3 is 5.32 Å². The zero-order chi connectivity index (χ0) is 12.8. The zero-order valence-electron chi connectivity index (χ0n) is 11.3. The number of halogens is 1. The highest BCUT2D eigenvalue weighted by Gasteiger charge is 2.21. The van der Waals surface area contributed by atoms with Crippen LogP contribution < -0.4 is 5.32 Å². The van der Waals surface area contributed by atoms with E-state index in [0.717, 1.165) is 29.9 Å². The molecule has 1 unspecified atom stereocenters. The monoisotopic (exact) mass is 265 g/mol. The summed E-state index contributed by atoms with van der Waals surface area (Å²) in [5.74, 6) is 0.754. The van der Waals surface area contributed by atoms with Gasteiger partial charge in [-0.2, -0.15) is 0 Å². The Balaban J connectivity index is 1.85. The van der Waals surface area contributed by atoms with Gasteiger partial charge in [-0.3, -0.25) is 0 Å². The van der Waals surface area contributed by atoms with Crippen LogP contribution in [-0.2, 0) is 6.42 Å². The molecule has 1 aromatic rings. The van der Waals surface area contributed by atoms with Gasteiger partial charge in [-0.1, -0.05) is 43.5 Å². The average molecular weight is 266 g/mol. The first-order chi connectivity index (χ1) is 8.78. The van der Waals surface area contributed by atoms with Crippen LogP contribution >= 0.6 is 11.6 Å². The van der Waals surface area contributed by atoms with Crippen LogP contribution in [0.2, 0.25) is 5.02 Å². The Hall–Kier alpha value is -0.530. The molecular formula is C16H24ClN. The minimum Gasteiger partial charge on any atom is -0.314 e. The van der Waals surface area contributed by atoms with Crippen molar-refractivity contribution < 1.29 is 0 Å². The number of benzene rings is 1. The molecule has 1 saturated carbocycles. The zero-order valence-corrected chi connectivity index (χ0v) is 12.0. The van der Waals surface area contributed by atoms with Crippen molar-refractivity contribution >= 4 is 11.6 Å². The highest BCUT2D eigenvalue weighted by molar-refractivity contribution is 6.30. The van der Waals surface area contributed by atoms with Crippen molar-refractivity contribution in [3.05, 3.63) is 34.9 Å². The van der Waals surface area contributed by atoms with E-state index in [9.17, 15) is 0 Å². The Morgan fingerprint density at radius 2 is 2.22 bits per heavy atom. The SMILES string of the molecule is CCCCC(CNC1CC1)Cc1cccc(Cl)c1. The first-order valence-corrected chi connectivity index (χ1v) is 7.63. The lowest BCUT2D eigenvalue weighted by Gasteiger charge is -2.17. The third-order valence-corrected chi connectivity index (χ3v) is 3.89. The van der Waals surface area contributed by atoms with Crippen molar-refractivity contribution in [3.63, 3.8) is 0 Å². The van der Waals surface area contributed by atoms with Gasteiger partial charge in [-0.15, -0.1) is 0 Å². The van der Waals surface area contributed by atoms with E-state index >= 15 is 0 Å². The molecule has 1 fully saturated rings. The first kappa shape index (κ1) is 13.9. The minimum absolute atomic E-state index is 0.754. The van der Waals surface area contributed by atoms with Gasteiger partial charge in [-0.25, -0.2) is 0 Å². The topological polar surface area (TPSA) is 12.0 Å². The summed E-state index contributed by atoms with van der Waals surface area (Å²) in [5.41, 5.74) is 1.38. The van der Waals surface area contributed by atoms with Crippen LogP contribution in [0.5, 0.6) is 0 Å². The molecule has 0 saturated heterocycles. The van der Waals surface area contributed by atoms with E-state index in [1.54, 1.807) is 0 Å². The van der Waals surface area contributed by atoms with Crippen LogP contribution in [0.1, 0.15) is 44.6 Å². The van der Waals surface area contributed by atoms with Gasteiger partial charge in [0.25, 0.3) is 0 Å². The molecule has 1 nitrogen and oxygen atoms in total. The van der Waals surface area contributed by atoms with Crippen LogP contribution in [0, 0.1) is 5.92 Å². The van der Waals surface area contributed by atoms with Crippen molar-refractivity contribution in [3.8, 4) is 0 Å². The summed E-state index contributed by atoms with van der Waals surface area (Å²) in [7, 11) is 0. The Morgan fingerprint density at radius 1 is 1.39 bits per heavy atom. The Labute approximate surface area is 116 Å². The summed E-state index contributed by atoms with van der Waals surface area (Å²) in [6, 6.07) is 9.13. The van der Waals surface area contributed by atoms with E-state index in [1.165, 1.54) is 37.7 Å². The Kier molecular flexibility index (Phi) is 5.52. The molecule has 0 aromatic heterocycles. The lowest BCUT2D eigenvalue weighted by atomic mass is 9.94. The molecule has 1 aliphatic rings. The van der Waals surface area contributed by atoms with E-state index < -0.39 is 0 Å². The summed E-state index contributed by atoms with van der Waals surface area (Å²) in [6.45, 7) is 3.43. The number of hydrogen-bond acceptors (Lipinski definition) is 1. The lowest BCUT2D eigenvalue weighted by Crippen LogP contribution is -2.26. The van der Waals surface area contributed by atoms with E-state index in [-0.39, 0.29) is 0 Å². The third-order valence-electron chi connectivity index (χ3n) is 3.65. The molecule has 2 heteroatoms. The third kappa shape index (κ3) is 4.99. The molecule has 0 spiro atoms. The summed E-state index contributed by atoms with van der Waals surface area (Å²) in [4.78, 5) is 0. The fourth-order valence-corrected chi connectivity index (χ4v) is 2.60. The molecule has 1 atom stereocenters.